The highest BCUT2D eigenvalue weighted by Gasteiger charge is 2.27. The van der Waals surface area contributed by atoms with Gasteiger partial charge in [-0.2, -0.15) is 0 Å². The quantitative estimate of drug-likeness (QED) is 0.642. The van der Waals surface area contributed by atoms with E-state index in [-0.39, 0.29) is 10.8 Å². The third kappa shape index (κ3) is 3.76. The second-order valence-corrected chi connectivity index (χ2v) is 6.83. The third-order valence-corrected chi connectivity index (χ3v) is 4.53. The minimum Gasteiger partial charge on any atom is -0.414 e. The number of hydrogen-bond acceptors (Lipinski definition) is 2. The summed E-state index contributed by atoms with van der Waals surface area (Å²) in [7, 11) is 0. The van der Waals surface area contributed by atoms with Crippen LogP contribution in [-0.2, 0) is 10.8 Å². The smallest absolute Gasteiger partial charge is 0.409 e. The van der Waals surface area contributed by atoms with E-state index in [1.165, 1.54) is 5.56 Å². The average Bonchev–Trinajstić information content (AvgIpc) is 2.38. The molecule has 0 aliphatic carbocycles. The van der Waals surface area contributed by atoms with Crippen LogP contribution in [0.3, 0.4) is 0 Å². The number of rotatable bonds is 5. The first-order valence-electron chi connectivity index (χ1n) is 7.16. The monoisotopic (exact) mass is 296 g/mol. The number of ether oxygens (including phenoxy) is 1. The van der Waals surface area contributed by atoms with Gasteiger partial charge < -0.3 is 4.74 Å². The molecule has 0 heterocycles. The summed E-state index contributed by atoms with van der Waals surface area (Å²) in [6.07, 6.45) is 2.00. The Morgan fingerprint density at radius 3 is 2.10 bits per heavy atom. The summed E-state index contributed by atoms with van der Waals surface area (Å²) in [5, 5.41) is 0. The van der Waals surface area contributed by atoms with Crippen LogP contribution in [0.15, 0.2) is 18.2 Å². The van der Waals surface area contributed by atoms with Crippen LogP contribution in [0, 0.1) is 0 Å². The molecule has 1 aromatic rings. The predicted molar refractivity (Wildman–Crippen MR) is 85.0 cm³/mol. The topological polar surface area (TPSA) is 26.3 Å². The number of benzene rings is 1. The minimum atomic E-state index is -0.791. The fourth-order valence-electron chi connectivity index (χ4n) is 2.05. The van der Waals surface area contributed by atoms with Gasteiger partial charge >= 0.3 is 5.43 Å². The van der Waals surface area contributed by atoms with E-state index < -0.39 is 5.43 Å². The maximum atomic E-state index is 11.1. The lowest BCUT2D eigenvalue weighted by Gasteiger charge is -2.30. The van der Waals surface area contributed by atoms with Gasteiger partial charge in [0.25, 0.3) is 0 Å². The molecule has 0 fully saturated rings. The van der Waals surface area contributed by atoms with Crippen LogP contribution < -0.4 is 4.74 Å². The summed E-state index contributed by atoms with van der Waals surface area (Å²) in [5.74, 6) is 0.563. The molecule has 112 valence electrons. The highest BCUT2D eigenvalue weighted by molar-refractivity contribution is 6.61. The lowest BCUT2D eigenvalue weighted by atomic mass is 9.76. The number of carbonyl (C=O) groups is 1. The normalized spacial score (nSPS) is 12.3. The van der Waals surface area contributed by atoms with Crippen LogP contribution in [0.25, 0.3) is 0 Å². The Morgan fingerprint density at radius 2 is 1.65 bits per heavy atom. The molecule has 0 saturated heterocycles. The molecule has 0 unspecified atom stereocenters. The highest BCUT2D eigenvalue weighted by atomic mass is 35.5. The van der Waals surface area contributed by atoms with Crippen molar-refractivity contribution in [2.24, 2.45) is 0 Å². The van der Waals surface area contributed by atoms with E-state index in [1.54, 1.807) is 0 Å². The Kier molecular flexibility index (Phi) is 5.26. The van der Waals surface area contributed by atoms with Crippen LogP contribution >= 0.6 is 11.6 Å². The van der Waals surface area contributed by atoms with Gasteiger partial charge in [0, 0.05) is 17.2 Å². The highest BCUT2D eigenvalue weighted by Crippen LogP contribution is 2.38. The Labute approximate surface area is 127 Å². The van der Waals surface area contributed by atoms with Gasteiger partial charge in [-0.1, -0.05) is 53.7 Å². The minimum absolute atomic E-state index is 0.0680. The molecule has 1 aromatic carbocycles. The SMILES string of the molecule is CCC(C)(C)c1ccc(OC(=O)Cl)c(C(C)(C)CC)c1. The molecule has 0 spiro atoms. The summed E-state index contributed by atoms with van der Waals surface area (Å²) < 4.78 is 5.16. The summed E-state index contributed by atoms with van der Waals surface area (Å²) >= 11 is 5.37. The van der Waals surface area contributed by atoms with Crippen LogP contribution in [0.1, 0.15) is 65.5 Å². The summed E-state index contributed by atoms with van der Waals surface area (Å²) in [4.78, 5) is 11.1. The zero-order valence-corrected chi connectivity index (χ0v) is 14.1. The Balaban J connectivity index is 3.40. The molecule has 0 amide bonds. The molecule has 0 N–H and O–H groups in total. The molecular formula is C17H25ClO2. The van der Waals surface area contributed by atoms with Gasteiger partial charge in [0.1, 0.15) is 5.75 Å². The number of carbonyl (C=O) groups excluding carboxylic acids is 1. The van der Waals surface area contributed by atoms with Gasteiger partial charge in [0.05, 0.1) is 0 Å². The van der Waals surface area contributed by atoms with Crippen molar-refractivity contribution in [3.05, 3.63) is 29.3 Å². The van der Waals surface area contributed by atoms with Gasteiger partial charge in [-0.15, -0.1) is 0 Å². The van der Waals surface area contributed by atoms with Gasteiger partial charge in [0.15, 0.2) is 0 Å². The van der Waals surface area contributed by atoms with E-state index in [1.807, 2.05) is 12.1 Å². The van der Waals surface area contributed by atoms with Gasteiger partial charge in [0.2, 0.25) is 0 Å². The molecule has 3 heteroatoms. The molecule has 0 aliphatic heterocycles. The number of halogens is 1. The van der Waals surface area contributed by atoms with E-state index in [2.05, 4.69) is 47.6 Å². The van der Waals surface area contributed by atoms with E-state index in [9.17, 15) is 4.79 Å². The maximum absolute atomic E-state index is 11.1. The molecule has 20 heavy (non-hydrogen) atoms. The van der Waals surface area contributed by atoms with Crippen molar-refractivity contribution in [1.82, 2.24) is 0 Å². The molecule has 0 saturated carbocycles. The maximum Gasteiger partial charge on any atom is 0.409 e. The lowest BCUT2D eigenvalue weighted by Crippen LogP contribution is -2.21. The van der Waals surface area contributed by atoms with Crippen molar-refractivity contribution in [3.8, 4) is 5.75 Å². The number of hydrogen-bond donors (Lipinski definition) is 0. The largest absolute Gasteiger partial charge is 0.414 e. The van der Waals surface area contributed by atoms with Crippen LogP contribution in [0.5, 0.6) is 5.75 Å². The van der Waals surface area contributed by atoms with Crippen molar-refractivity contribution >= 4 is 17.0 Å². The molecule has 2 nitrogen and oxygen atoms in total. The molecule has 0 aromatic heterocycles. The summed E-state index contributed by atoms with van der Waals surface area (Å²) in [5.41, 5.74) is 1.53. The Hall–Kier alpha value is -1.02. The average molecular weight is 297 g/mol. The van der Waals surface area contributed by atoms with Gasteiger partial charge in [-0.3, -0.25) is 0 Å². The Morgan fingerprint density at radius 1 is 1.10 bits per heavy atom. The van der Waals surface area contributed by atoms with Crippen molar-refractivity contribution in [2.45, 2.75) is 65.2 Å². The van der Waals surface area contributed by atoms with Crippen molar-refractivity contribution in [2.75, 3.05) is 0 Å². The first-order valence-corrected chi connectivity index (χ1v) is 7.54. The standard InChI is InChI=1S/C17H25ClO2/c1-7-16(3,4)12-9-10-14(20-15(18)19)13(11-12)17(5,6)8-2/h9-11H,7-8H2,1-6H3. The van der Waals surface area contributed by atoms with E-state index in [0.29, 0.717) is 5.75 Å². The molecule has 0 radical (unpaired) electrons. The molecule has 0 atom stereocenters. The summed E-state index contributed by atoms with van der Waals surface area (Å²) in [6, 6.07) is 6.04. The molecule has 0 bridgehead atoms. The fraction of sp³-hybridized carbons (Fsp3) is 0.588. The van der Waals surface area contributed by atoms with Crippen molar-refractivity contribution in [3.63, 3.8) is 0 Å². The summed E-state index contributed by atoms with van der Waals surface area (Å²) in [6.45, 7) is 13.0. The van der Waals surface area contributed by atoms with Gasteiger partial charge in [-0.05, 0) is 35.3 Å². The molecular weight excluding hydrogens is 272 g/mol. The van der Waals surface area contributed by atoms with E-state index >= 15 is 0 Å². The lowest BCUT2D eigenvalue weighted by molar-refractivity contribution is 0.224. The Bertz CT molecular complexity index is 490. The molecule has 0 aliphatic rings. The van der Waals surface area contributed by atoms with Crippen LogP contribution in [0.4, 0.5) is 4.79 Å². The van der Waals surface area contributed by atoms with E-state index in [0.717, 1.165) is 18.4 Å². The molecule has 1 rings (SSSR count). The van der Waals surface area contributed by atoms with Crippen LogP contribution in [0.2, 0.25) is 0 Å². The third-order valence-electron chi connectivity index (χ3n) is 4.45. The predicted octanol–water partition coefficient (Wildman–Crippen LogP) is 5.80. The fourth-order valence-corrected chi connectivity index (χ4v) is 2.13. The van der Waals surface area contributed by atoms with Crippen LogP contribution in [-0.4, -0.2) is 5.43 Å². The zero-order chi connectivity index (χ0) is 15.6. The second kappa shape index (κ2) is 6.17. The first kappa shape index (κ1) is 17.0. The zero-order valence-electron chi connectivity index (χ0n) is 13.3. The first-order chi connectivity index (χ1) is 9.14. The second-order valence-electron chi connectivity index (χ2n) is 6.53. The van der Waals surface area contributed by atoms with Crippen molar-refractivity contribution in [1.29, 1.82) is 0 Å². The van der Waals surface area contributed by atoms with Crippen molar-refractivity contribution < 1.29 is 9.53 Å². The van der Waals surface area contributed by atoms with E-state index in [4.69, 9.17) is 16.3 Å². The van der Waals surface area contributed by atoms with Gasteiger partial charge in [-0.25, -0.2) is 4.79 Å².